The van der Waals surface area contributed by atoms with E-state index in [0.717, 1.165) is 22.4 Å². The number of nitrogens with one attached hydrogen (secondary N) is 2. The molecule has 0 atom stereocenters. The smallest absolute Gasteiger partial charge is 0.277 e. The van der Waals surface area contributed by atoms with E-state index in [4.69, 9.17) is 13.9 Å². The van der Waals surface area contributed by atoms with Gasteiger partial charge in [0.25, 0.3) is 5.22 Å². The maximum absolute atomic E-state index is 12.1. The molecule has 1 aliphatic heterocycles. The lowest BCUT2D eigenvalue weighted by molar-refractivity contribution is -0.118. The fraction of sp³-hybridized carbons (Fsp3) is 0.200. The van der Waals surface area contributed by atoms with E-state index in [-0.39, 0.29) is 18.5 Å². The van der Waals surface area contributed by atoms with Crippen molar-refractivity contribution in [2.24, 2.45) is 0 Å². The van der Waals surface area contributed by atoms with Gasteiger partial charge in [-0.2, -0.15) is 0 Å². The number of rotatable bonds is 7. The van der Waals surface area contributed by atoms with Gasteiger partial charge in [0.1, 0.15) is 5.82 Å². The molecule has 0 saturated carbocycles. The highest BCUT2D eigenvalue weighted by Gasteiger charge is 2.17. The molecule has 2 aromatic carbocycles. The van der Waals surface area contributed by atoms with Gasteiger partial charge in [0.05, 0.1) is 16.8 Å². The monoisotopic (exact) mass is 423 g/mol. The lowest BCUT2D eigenvalue weighted by Gasteiger charge is -2.02. The number of carbonyl (C=O) groups excluding carboxylic acids is 1. The molecule has 0 fully saturated rings. The Hall–Kier alpha value is -3.53. The number of H-pyrrole nitrogens is 1. The van der Waals surface area contributed by atoms with E-state index in [9.17, 15) is 4.79 Å². The minimum atomic E-state index is -0.112. The summed E-state index contributed by atoms with van der Waals surface area (Å²) in [6.45, 7) is 0.695. The maximum Gasteiger partial charge on any atom is 0.277 e. The van der Waals surface area contributed by atoms with Gasteiger partial charge in [0, 0.05) is 18.5 Å². The summed E-state index contributed by atoms with van der Waals surface area (Å²) in [5, 5.41) is 11.2. The van der Waals surface area contributed by atoms with Crippen LogP contribution in [-0.2, 0) is 11.2 Å². The van der Waals surface area contributed by atoms with Gasteiger partial charge in [0.2, 0.25) is 18.6 Å². The molecule has 0 aliphatic carbocycles. The van der Waals surface area contributed by atoms with Crippen molar-refractivity contribution in [3.8, 4) is 23.0 Å². The maximum atomic E-state index is 12.1. The largest absolute Gasteiger partial charge is 0.454 e. The van der Waals surface area contributed by atoms with Crippen LogP contribution in [0.25, 0.3) is 22.5 Å². The van der Waals surface area contributed by atoms with Crippen molar-refractivity contribution in [3.05, 3.63) is 48.3 Å². The lowest BCUT2D eigenvalue weighted by atomic mass is 10.2. The van der Waals surface area contributed by atoms with Crippen LogP contribution < -0.4 is 14.8 Å². The molecule has 3 heterocycles. The molecule has 9 nitrogen and oxygen atoms in total. The summed E-state index contributed by atoms with van der Waals surface area (Å²) in [4.78, 5) is 19.8. The Morgan fingerprint density at radius 3 is 2.97 bits per heavy atom. The first-order valence-corrected chi connectivity index (χ1v) is 10.3. The molecule has 10 heteroatoms. The van der Waals surface area contributed by atoms with Crippen LogP contribution in [0.5, 0.6) is 11.5 Å². The molecule has 0 spiro atoms. The SMILES string of the molecule is O=C(CSc1nnc(-c2ccc3c(c2)OCO3)o1)NCCc1nc2ccccc2[nH]1. The number of aromatic amines is 1. The molecule has 1 amide bonds. The topological polar surface area (TPSA) is 115 Å². The molecular formula is C20H17N5O4S. The number of amides is 1. The quantitative estimate of drug-likeness (QED) is 0.436. The standard InChI is InChI=1S/C20H17N5O4S/c26-18(21-8-7-17-22-13-3-1-2-4-14(13)23-17)10-30-20-25-24-19(29-20)12-5-6-15-16(9-12)28-11-27-15/h1-6,9H,7-8,10-11H2,(H,21,26)(H,22,23). The van der Waals surface area contributed by atoms with Gasteiger partial charge >= 0.3 is 0 Å². The summed E-state index contributed by atoms with van der Waals surface area (Å²) in [7, 11) is 0. The molecule has 0 unspecified atom stereocenters. The Balaban J connectivity index is 1.11. The second-order valence-electron chi connectivity index (χ2n) is 6.53. The first kappa shape index (κ1) is 18.5. The Bertz CT molecular complexity index is 1170. The third-order valence-corrected chi connectivity index (χ3v) is 5.29. The average Bonchev–Trinajstić information content (AvgIpc) is 3.50. The van der Waals surface area contributed by atoms with Crippen LogP contribution in [-0.4, -0.2) is 45.2 Å². The zero-order valence-corrected chi connectivity index (χ0v) is 16.6. The van der Waals surface area contributed by atoms with Crippen molar-refractivity contribution in [3.63, 3.8) is 0 Å². The number of nitrogens with zero attached hydrogens (tertiary/aromatic N) is 3. The van der Waals surface area contributed by atoms with E-state index >= 15 is 0 Å². The highest BCUT2D eigenvalue weighted by atomic mass is 32.2. The number of carbonyl (C=O) groups is 1. The summed E-state index contributed by atoms with van der Waals surface area (Å²) in [5.41, 5.74) is 2.64. The lowest BCUT2D eigenvalue weighted by Crippen LogP contribution is -2.27. The van der Waals surface area contributed by atoms with Crippen molar-refractivity contribution < 1.29 is 18.7 Å². The predicted octanol–water partition coefficient (Wildman–Crippen LogP) is 2.79. The highest BCUT2D eigenvalue weighted by molar-refractivity contribution is 7.99. The Morgan fingerprint density at radius 2 is 2.03 bits per heavy atom. The third-order valence-electron chi connectivity index (χ3n) is 4.48. The Morgan fingerprint density at radius 1 is 1.13 bits per heavy atom. The van der Waals surface area contributed by atoms with Crippen LogP contribution in [0.3, 0.4) is 0 Å². The molecule has 152 valence electrons. The number of hydrogen-bond donors (Lipinski definition) is 2. The third kappa shape index (κ3) is 3.94. The Kier molecular flexibility index (Phi) is 4.98. The minimum Gasteiger partial charge on any atom is -0.454 e. The van der Waals surface area contributed by atoms with Gasteiger partial charge in [0.15, 0.2) is 11.5 Å². The van der Waals surface area contributed by atoms with Crippen molar-refractivity contribution in [2.75, 3.05) is 19.1 Å². The van der Waals surface area contributed by atoms with E-state index in [1.54, 1.807) is 12.1 Å². The van der Waals surface area contributed by atoms with E-state index in [0.29, 0.717) is 35.6 Å². The number of imidazole rings is 1. The van der Waals surface area contributed by atoms with Crippen molar-refractivity contribution in [1.29, 1.82) is 0 Å². The zero-order valence-electron chi connectivity index (χ0n) is 15.8. The fourth-order valence-corrected chi connectivity index (χ4v) is 3.63. The van der Waals surface area contributed by atoms with Crippen LogP contribution in [0, 0.1) is 0 Å². The summed E-state index contributed by atoms with van der Waals surface area (Å²) in [5.74, 6) is 2.61. The summed E-state index contributed by atoms with van der Waals surface area (Å²) in [6.07, 6.45) is 0.625. The van der Waals surface area contributed by atoms with Crippen molar-refractivity contribution in [1.82, 2.24) is 25.5 Å². The minimum absolute atomic E-state index is 0.112. The molecule has 2 aromatic heterocycles. The summed E-state index contributed by atoms with van der Waals surface area (Å²) >= 11 is 1.19. The molecule has 1 aliphatic rings. The molecule has 4 aromatic rings. The molecule has 0 radical (unpaired) electrons. The second kappa shape index (κ2) is 8.07. The van der Waals surface area contributed by atoms with Crippen LogP contribution >= 0.6 is 11.8 Å². The molecular weight excluding hydrogens is 406 g/mol. The highest BCUT2D eigenvalue weighted by Crippen LogP contribution is 2.35. The van der Waals surface area contributed by atoms with E-state index in [1.807, 2.05) is 30.3 Å². The first-order chi connectivity index (χ1) is 14.7. The number of aromatic nitrogens is 4. The number of benzene rings is 2. The van der Waals surface area contributed by atoms with E-state index < -0.39 is 0 Å². The molecule has 30 heavy (non-hydrogen) atoms. The number of para-hydroxylation sites is 2. The molecule has 2 N–H and O–H groups in total. The van der Waals surface area contributed by atoms with Gasteiger partial charge in [-0.1, -0.05) is 23.9 Å². The fourth-order valence-electron chi connectivity index (χ4n) is 3.04. The van der Waals surface area contributed by atoms with Gasteiger partial charge in [-0.05, 0) is 30.3 Å². The van der Waals surface area contributed by atoms with Gasteiger partial charge in [-0.3, -0.25) is 4.79 Å². The normalized spacial score (nSPS) is 12.4. The van der Waals surface area contributed by atoms with Crippen LogP contribution in [0.4, 0.5) is 0 Å². The van der Waals surface area contributed by atoms with E-state index in [1.165, 1.54) is 11.8 Å². The predicted molar refractivity (Wildman–Crippen MR) is 109 cm³/mol. The van der Waals surface area contributed by atoms with Gasteiger partial charge in [-0.25, -0.2) is 4.98 Å². The van der Waals surface area contributed by atoms with Gasteiger partial charge < -0.3 is 24.2 Å². The summed E-state index contributed by atoms with van der Waals surface area (Å²) < 4.78 is 16.3. The average molecular weight is 423 g/mol. The Labute approximate surface area is 175 Å². The second-order valence-corrected chi connectivity index (χ2v) is 7.46. The van der Waals surface area contributed by atoms with E-state index in [2.05, 4.69) is 25.5 Å². The first-order valence-electron chi connectivity index (χ1n) is 9.31. The van der Waals surface area contributed by atoms with Crippen LogP contribution in [0.15, 0.2) is 52.1 Å². The van der Waals surface area contributed by atoms with Crippen LogP contribution in [0.2, 0.25) is 0 Å². The molecule has 0 bridgehead atoms. The van der Waals surface area contributed by atoms with Crippen molar-refractivity contribution in [2.45, 2.75) is 11.6 Å². The number of ether oxygens (including phenoxy) is 2. The summed E-state index contributed by atoms with van der Waals surface area (Å²) in [6, 6.07) is 13.2. The number of fused-ring (bicyclic) bond motifs is 2. The van der Waals surface area contributed by atoms with Crippen LogP contribution in [0.1, 0.15) is 5.82 Å². The number of thioether (sulfide) groups is 1. The number of hydrogen-bond acceptors (Lipinski definition) is 8. The van der Waals surface area contributed by atoms with Crippen molar-refractivity contribution >= 4 is 28.7 Å². The molecule has 5 rings (SSSR count). The zero-order chi connectivity index (χ0) is 20.3. The molecule has 0 saturated heterocycles. The van der Waals surface area contributed by atoms with Gasteiger partial charge in [-0.15, -0.1) is 10.2 Å².